The number of rotatable bonds is 8. The van der Waals surface area contributed by atoms with Crippen LogP contribution in [0.5, 0.6) is 0 Å². The quantitative estimate of drug-likeness (QED) is 0.276. The van der Waals surface area contributed by atoms with Gasteiger partial charge in [-0.2, -0.15) is 5.10 Å². The van der Waals surface area contributed by atoms with Crippen LogP contribution in [0.4, 0.5) is 21.5 Å². The molecule has 0 amide bonds. The zero-order valence-corrected chi connectivity index (χ0v) is 17.1. The second-order valence-electron chi connectivity index (χ2n) is 6.76. The lowest BCUT2D eigenvalue weighted by molar-refractivity contribution is -0.393. The molecule has 0 radical (unpaired) electrons. The lowest BCUT2D eigenvalue weighted by Gasteiger charge is -2.07. The van der Waals surface area contributed by atoms with Gasteiger partial charge in [0, 0.05) is 11.6 Å². The molecule has 0 heterocycles. The minimum Gasteiger partial charge on any atom is -0.271 e. The third-order valence-electron chi connectivity index (χ3n) is 4.65. The van der Waals surface area contributed by atoms with Crippen LogP contribution in [0.3, 0.4) is 0 Å². The van der Waals surface area contributed by atoms with E-state index in [1.165, 1.54) is 18.2 Å². The van der Waals surface area contributed by atoms with Crippen LogP contribution in [0.2, 0.25) is 0 Å². The largest absolute Gasteiger partial charge is 0.301 e. The Kier molecular flexibility index (Phi) is 7.02. The molecule has 9 heteroatoms. The molecule has 0 atom stereocenters. The second kappa shape index (κ2) is 10.1. The molecule has 0 saturated heterocycles. The van der Waals surface area contributed by atoms with Crippen LogP contribution in [0.15, 0.2) is 77.9 Å². The molecule has 0 bridgehead atoms. The van der Waals surface area contributed by atoms with E-state index in [4.69, 9.17) is 0 Å². The van der Waals surface area contributed by atoms with Crippen molar-refractivity contribution in [1.29, 1.82) is 0 Å². The van der Waals surface area contributed by atoms with E-state index in [2.05, 4.69) is 10.5 Å². The van der Waals surface area contributed by atoms with Gasteiger partial charge in [0.1, 0.15) is 11.5 Å². The van der Waals surface area contributed by atoms with E-state index in [0.29, 0.717) is 5.71 Å². The summed E-state index contributed by atoms with van der Waals surface area (Å²) in [5.41, 5.74) is 4.89. The Bertz CT molecular complexity index is 1190. The Labute approximate surface area is 183 Å². The minimum atomic E-state index is -0.713. The third kappa shape index (κ3) is 5.60. The van der Waals surface area contributed by atoms with Gasteiger partial charge in [0.15, 0.2) is 0 Å². The van der Waals surface area contributed by atoms with Crippen molar-refractivity contribution >= 4 is 28.8 Å². The number of hydrogen-bond acceptors (Lipinski definition) is 6. The maximum atomic E-state index is 13.2. The number of nitro groups is 2. The summed E-state index contributed by atoms with van der Waals surface area (Å²) in [7, 11) is 0. The molecule has 3 rings (SSSR count). The van der Waals surface area contributed by atoms with Gasteiger partial charge in [-0.1, -0.05) is 49.4 Å². The molecule has 0 fully saturated rings. The van der Waals surface area contributed by atoms with Gasteiger partial charge < -0.3 is 0 Å². The van der Waals surface area contributed by atoms with Crippen LogP contribution < -0.4 is 5.43 Å². The fourth-order valence-electron chi connectivity index (χ4n) is 2.86. The zero-order valence-electron chi connectivity index (χ0n) is 17.1. The number of benzene rings is 3. The molecule has 32 heavy (non-hydrogen) atoms. The molecule has 0 aliphatic carbocycles. The highest BCUT2D eigenvalue weighted by Crippen LogP contribution is 2.29. The van der Waals surface area contributed by atoms with Crippen LogP contribution in [-0.4, -0.2) is 15.6 Å². The summed E-state index contributed by atoms with van der Waals surface area (Å²) in [6.45, 7) is 2.04. The average Bonchev–Trinajstić information content (AvgIpc) is 2.80. The van der Waals surface area contributed by atoms with Gasteiger partial charge in [-0.15, -0.1) is 0 Å². The van der Waals surface area contributed by atoms with E-state index >= 15 is 0 Å². The number of nitrogens with one attached hydrogen (secondary N) is 1. The highest BCUT2D eigenvalue weighted by Gasteiger charge is 2.19. The van der Waals surface area contributed by atoms with Crippen molar-refractivity contribution < 1.29 is 14.2 Å². The first-order valence-electron chi connectivity index (χ1n) is 9.67. The predicted molar refractivity (Wildman–Crippen MR) is 121 cm³/mol. The summed E-state index contributed by atoms with van der Waals surface area (Å²) in [5, 5.41) is 26.6. The topological polar surface area (TPSA) is 111 Å². The molecular formula is C23H19FN4O4. The van der Waals surface area contributed by atoms with Crippen molar-refractivity contribution in [3.8, 4) is 0 Å². The van der Waals surface area contributed by atoms with Crippen molar-refractivity contribution in [1.82, 2.24) is 0 Å². The fraction of sp³-hybridized carbons (Fsp3) is 0.0870. The molecule has 1 N–H and O–H groups in total. The van der Waals surface area contributed by atoms with Crippen molar-refractivity contribution in [3.63, 3.8) is 0 Å². The summed E-state index contributed by atoms with van der Waals surface area (Å²) >= 11 is 0. The average molecular weight is 434 g/mol. The van der Waals surface area contributed by atoms with Gasteiger partial charge in [-0.3, -0.25) is 25.7 Å². The molecule has 3 aromatic carbocycles. The standard InChI is InChI=1S/C23H19FN4O4/c1-2-16-3-8-18(9-4-16)21(13-7-17-5-10-19(24)11-6-17)25-26-22-14-12-20(27(29)30)15-23(22)28(31)32/h3-15,26H,2H2,1H3. The molecular weight excluding hydrogens is 415 g/mol. The van der Waals surface area contributed by atoms with Gasteiger partial charge in [0.25, 0.3) is 5.69 Å². The van der Waals surface area contributed by atoms with Crippen LogP contribution >= 0.6 is 0 Å². The van der Waals surface area contributed by atoms with Gasteiger partial charge in [-0.25, -0.2) is 4.39 Å². The number of hydrazone groups is 1. The maximum absolute atomic E-state index is 13.2. The number of hydrogen-bond donors (Lipinski definition) is 1. The van der Waals surface area contributed by atoms with Crippen molar-refractivity contribution in [3.05, 3.63) is 116 Å². The molecule has 0 unspecified atom stereocenters. The van der Waals surface area contributed by atoms with Crippen LogP contribution in [0.1, 0.15) is 23.6 Å². The van der Waals surface area contributed by atoms with E-state index in [0.717, 1.165) is 35.2 Å². The van der Waals surface area contributed by atoms with Gasteiger partial charge in [0.05, 0.1) is 21.6 Å². The first-order valence-corrected chi connectivity index (χ1v) is 9.67. The van der Waals surface area contributed by atoms with Gasteiger partial charge >= 0.3 is 5.69 Å². The van der Waals surface area contributed by atoms with E-state index in [1.807, 2.05) is 31.2 Å². The van der Waals surface area contributed by atoms with E-state index < -0.39 is 21.2 Å². The Balaban J connectivity index is 1.97. The van der Waals surface area contributed by atoms with Crippen molar-refractivity contribution in [2.45, 2.75) is 13.3 Å². The molecule has 162 valence electrons. The Hall–Kier alpha value is -4.40. The number of nitrogens with zero attached hydrogens (tertiary/aromatic N) is 3. The lowest BCUT2D eigenvalue weighted by Crippen LogP contribution is -2.04. The third-order valence-corrected chi connectivity index (χ3v) is 4.65. The smallest absolute Gasteiger partial charge is 0.271 e. The number of non-ortho nitro benzene ring substituents is 1. The Morgan fingerprint density at radius 1 is 1.00 bits per heavy atom. The first-order chi connectivity index (χ1) is 15.4. The van der Waals surface area contributed by atoms with Crippen LogP contribution in [0.25, 0.3) is 6.08 Å². The van der Waals surface area contributed by atoms with E-state index in [9.17, 15) is 24.6 Å². The fourth-order valence-corrected chi connectivity index (χ4v) is 2.86. The van der Waals surface area contributed by atoms with Crippen LogP contribution in [-0.2, 0) is 6.42 Å². The summed E-state index contributed by atoms with van der Waals surface area (Å²) in [4.78, 5) is 20.9. The molecule has 0 spiro atoms. The number of anilines is 1. The van der Waals surface area contributed by atoms with E-state index in [-0.39, 0.29) is 11.5 Å². The summed E-state index contributed by atoms with van der Waals surface area (Å²) in [5.74, 6) is -0.349. The Morgan fingerprint density at radius 2 is 1.69 bits per heavy atom. The predicted octanol–water partition coefficient (Wildman–Crippen LogP) is 5.73. The number of halogens is 1. The molecule has 3 aromatic rings. The van der Waals surface area contributed by atoms with Crippen molar-refractivity contribution in [2.24, 2.45) is 5.10 Å². The van der Waals surface area contributed by atoms with E-state index in [1.54, 1.807) is 24.3 Å². The summed E-state index contributed by atoms with van der Waals surface area (Å²) < 4.78 is 13.2. The van der Waals surface area contributed by atoms with Crippen molar-refractivity contribution in [2.75, 3.05) is 5.43 Å². The summed E-state index contributed by atoms with van der Waals surface area (Å²) in [6, 6.07) is 16.8. The Morgan fingerprint density at radius 3 is 2.28 bits per heavy atom. The molecule has 0 aliphatic rings. The molecule has 0 aliphatic heterocycles. The highest BCUT2D eigenvalue weighted by atomic mass is 19.1. The molecule has 0 aromatic heterocycles. The highest BCUT2D eigenvalue weighted by molar-refractivity contribution is 6.11. The SMILES string of the molecule is CCc1ccc(C(C=Cc2ccc(F)cc2)=NNc2ccc([N+](=O)[O-])cc2[N+](=O)[O-])cc1. The maximum Gasteiger partial charge on any atom is 0.301 e. The number of aryl methyl sites for hydroxylation is 1. The first kappa shape index (κ1) is 22.3. The summed E-state index contributed by atoms with van der Waals surface area (Å²) in [6.07, 6.45) is 4.29. The van der Waals surface area contributed by atoms with Gasteiger partial charge in [0.2, 0.25) is 0 Å². The second-order valence-corrected chi connectivity index (χ2v) is 6.76. The molecule has 8 nitrogen and oxygen atoms in total. The number of allylic oxidation sites excluding steroid dienone is 1. The van der Waals surface area contributed by atoms with Crippen LogP contribution in [0, 0.1) is 26.0 Å². The zero-order chi connectivity index (χ0) is 23.1. The van der Waals surface area contributed by atoms with Gasteiger partial charge in [-0.05, 0) is 41.8 Å². The molecule has 0 saturated carbocycles. The monoisotopic (exact) mass is 434 g/mol. The normalized spacial score (nSPS) is 11.5. The number of nitro benzene ring substituents is 2. The lowest BCUT2D eigenvalue weighted by atomic mass is 10.1. The minimum absolute atomic E-state index is 0.0125.